The standard InChI is InChI=1S/C17H31N3O2/c1-13(2)11-16-12-19(14-5-9-22-10-6-14)17(21)20(16)15-3-7-18-8-4-15/h13-16,18H,3-12H2,1-2H3. The number of urea groups is 1. The lowest BCUT2D eigenvalue weighted by molar-refractivity contribution is 0.0497. The number of nitrogens with one attached hydrogen (secondary N) is 1. The minimum Gasteiger partial charge on any atom is -0.381 e. The monoisotopic (exact) mass is 309 g/mol. The summed E-state index contributed by atoms with van der Waals surface area (Å²) in [6.45, 7) is 9.14. The average Bonchev–Trinajstić information content (AvgIpc) is 2.85. The molecule has 3 saturated heterocycles. The predicted octanol–water partition coefficient (Wildman–Crippen LogP) is 2.07. The van der Waals surface area contributed by atoms with E-state index in [1.165, 1.54) is 0 Å². The molecule has 3 aliphatic heterocycles. The molecule has 3 rings (SSSR count). The van der Waals surface area contributed by atoms with Crippen LogP contribution in [-0.2, 0) is 4.74 Å². The summed E-state index contributed by atoms with van der Waals surface area (Å²) in [6.07, 6.45) is 5.32. The number of carbonyl (C=O) groups excluding carboxylic acids is 1. The maximum Gasteiger partial charge on any atom is 0.320 e. The molecule has 22 heavy (non-hydrogen) atoms. The van der Waals surface area contributed by atoms with Crippen molar-refractivity contribution in [3.05, 3.63) is 0 Å². The summed E-state index contributed by atoms with van der Waals surface area (Å²) >= 11 is 0. The highest BCUT2D eigenvalue weighted by Crippen LogP contribution is 2.30. The lowest BCUT2D eigenvalue weighted by Crippen LogP contribution is -2.49. The molecule has 3 heterocycles. The molecule has 1 atom stereocenters. The van der Waals surface area contributed by atoms with E-state index in [0.29, 0.717) is 30.1 Å². The Labute approximate surface area is 134 Å². The Morgan fingerprint density at radius 1 is 1.14 bits per heavy atom. The van der Waals surface area contributed by atoms with E-state index < -0.39 is 0 Å². The van der Waals surface area contributed by atoms with Crippen LogP contribution in [0, 0.1) is 5.92 Å². The Balaban J connectivity index is 1.73. The van der Waals surface area contributed by atoms with Crippen molar-refractivity contribution in [2.45, 2.75) is 64.1 Å². The number of rotatable bonds is 4. The summed E-state index contributed by atoms with van der Waals surface area (Å²) in [7, 11) is 0. The van der Waals surface area contributed by atoms with E-state index in [1.54, 1.807) is 0 Å². The summed E-state index contributed by atoms with van der Waals surface area (Å²) in [5.41, 5.74) is 0. The van der Waals surface area contributed by atoms with Gasteiger partial charge >= 0.3 is 6.03 Å². The molecule has 2 amide bonds. The van der Waals surface area contributed by atoms with Crippen LogP contribution in [-0.4, -0.2) is 66.8 Å². The van der Waals surface area contributed by atoms with Gasteiger partial charge in [0.15, 0.2) is 0 Å². The fourth-order valence-corrected chi connectivity index (χ4v) is 4.27. The number of hydrogen-bond acceptors (Lipinski definition) is 3. The minimum absolute atomic E-state index is 0.296. The van der Waals surface area contributed by atoms with Crippen LogP contribution >= 0.6 is 0 Å². The molecule has 3 aliphatic rings. The summed E-state index contributed by atoms with van der Waals surface area (Å²) in [4.78, 5) is 17.5. The summed E-state index contributed by atoms with van der Waals surface area (Å²) in [5, 5.41) is 3.42. The van der Waals surface area contributed by atoms with Gasteiger partial charge in [-0.3, -0.25) is 0 Å². The first kappa shape index (κ1) is 16.1. The van der Waals surface area contributed by atoms with E-state index in [4.69, 9.17) is 4.74 Å². The van der Waals surface area contributed by atoms with E-state index in [9.17, 15) is 4.79 Å². The maximum atomic E-state index is 13.1. The molecule has 5 nitrogen and oxygen atoms in total. The number of ether oxygens (including phenoxy) is 1. The SMILES string of the molecule is CC(C)CC1CN(C2CCOCC2)C(=O)N1C1CCNCC1. The number of piperidine rings is 1. The summed E-state index contributed by atoms with van der Waals surface area (Å²) in [5.74, 6) is 0.636. The molecule has 1 unspecified atom stereocenters. The van der Waals surface area contributed by atoms with Crippen LogP contribution in [0.15, 0.2) is 0 Å². The number of amides is 2. The molecular formula is C17H31N3O2. The zero-order valence-corrected chi connectivity index (χ0v) is 14.1. The molecule has 0 aromatic rings. The van der Waals surface area contributed by atoms with Crippen molar-refractivity contribution in [3.63, 3.8) is 0 Å². The van der Waals surface area contributed by atoms with Crippen LogP contribution in [0.2, 0.25) is 0 Å². The van der Waals surface area contributed by atoms with Gasteiger partial charge in [0.1, 0.15) is 0 Å². The molecule has 0 spiro atoms. The van der Waals surface area contributed by atoms with Gasteiger partial charge in [0.25, 0.3) is 0 Å². The van der Waals surface area contributed by atoms with Gasteiger partial charge < -0.3 is 19.9 Å². The number of nitrogens with zero attached hydrogens (tertiary/aromatic N) is 2. The molecule has 126 valence electrons. The topological polar surface area (TPSA) is 44.8 Å². The smallest absolute Gasteiger partial charge is 0.320 e. The van der Waals surface area contributed by atoms with Crippen molar-refractivity contribution in [1.29, 1.82) is 0 Å². The Morgan fingerprint density at radius 2 is 1.82 bits per heavy atom. The molecule has 0 bridgehead atoms. The molecule has 5 heteroatoms. The number of hydrogen-bond donors (Lipinski definition) is 1. The third-order valence-corrected chi connectivity index (χ3v) is 5.34. The fraction of sp³-hybridized carbons (Fsp3) is 0.941. The third kappa shape index (κ3) is 3.40. The van der Waals surface area contributed by atoms with Gasteiger partial charge in [-0.05, 0) is 51.1 Å². The van der Waals surface area contributed by atoms with Gasteiger partial charge in [0.05, 0.1) is 6.04 Å². The van der Waals surface area contributed by atoms with Crippen LogP contribution in [0.5, 0.6) is 0 Å². The van der Waals surface area contributed by atoms with Crippen molar-refractivity contribution < 1.29 is 9.53 Å². The molecule has 0 radical (unpaired) electrons. The Bertz CT molecular complexity index is 376. The van der Waals surface area contributed by atoms with E-state index in [-0.39, 0.29) is 0 Å². The highest BCUT2D eigenvalue weighted by atomic mass is 16.5. The lowest BCUT2D eigenvalue weighted by atomic mass is 9.98. The van der Waals surface area contributed by atoms with E-state index in [1.807, 2.05) is 0 Å². The molecule has 0 aromatic carbocycles. The molecule has 1 N–H and O–H groups in total. The van der Waals surface area contributed by atoms with Gasteiger partial charge in [-0.2, -0.15) is 0 Å². The van der Waals surface area contributed by atoms with Crippen molar-refractivity contribution in [2.75, 3.05) is 32.8 Å². The number of carbonyl (C=O) groups is 1. The molecule has 0 aromatic heterocycles. The van der Waals surface area contributed by atoms with Gasteiger partial charge in [-0.25, -0.2) is 4.79 Å². The highest BCUT2D eigenvalue weighted by molar-refractivity contribution is 5.78. The normalized spacial score (nSPS) is 28.9. The molecule has 3 fully saturated rings. The van der Waals surface area contributed by atoms with Gasteiger partial charge in [0.2, 0.25) is 0 Å². The molecular weight excluding hydrogens is 278 g/mol. The van der Waals surface area contributed by atoms with Crippen LogP contribution in [0.1, 0.15) is 46.0 Å². The molecule has 0 saturated carbocycles. The summed E-state index contributed by atoms with van der Waals surface area (Å²) in [6, 6.07) is 1.52. The summed E-state index contributed by atoms with van der Waals surface area (Å²) < 4.78 is 5.47. The second-order valence-corrected chi connectivity index (χ2v) is 7.45. The van der Waals surface area contributed by atoms with E-state index >= 15 is 0 Å². The Morgan fingerprint density at radius 3 is 2.45 bits per heavy atom. The highest BCUT2D eigenvalue weighted by Gasteiger charge is 2.44. The van der Waals surface area contributed by atoms with Crippen LogP contribution < -0.4 is 5.32 Å². The van der Waals surface area contributed by atoms with Crippen molar-refractivity contribution >= 4 is 6.03 Å². The zero-order chi connectivity index (χ0) is 15.5. The second-order valence-electron chi connectivity index (χ2n) is 7.45. The van der Waals surface area contributed by atoms with Gasteiger partial charge in [0, 0.05) is 31.8 Å². The Kier molecular flexibility index (Phi) is 5.24. The first-order chi connectivity index (χ1) is 10.7. The van der Waals surface area contributed by atoms with Crippen LogP contribution in [0.25, 0.3) is 0 Å². The van der Waals surface area contributed by atoms with Crippen LogP contribution in [0.4, 0.5) is 4.79 Å². The maximum absolute atomic E-state index is 13.1. The quantitative estimate of drug-likeness (QED) is 0.865. The molecule has 0 aliphatic carbocycles. The first-order valence-electron chi connectivity index (χ1n) is 9.04. The average molecular weight is 309 g/mol. The Hall–Kier alpha value is -0.810. The van der Waals surface area contributed by atoms with Gasteiger partial charge in [-0.15, -0.1) is 0 Å². The lowest BCUT2D eigenvalue weighted by Gasteiger charge is -2.36. The van der Waals surface area contributed by atoms with Crippen molar-refractivity contribution in [1.82, 2.24) is 15.1 Å². The minimum atomic E-state index is 0.296. The van der Waals surface area contributed by atoms with Crippen molar-refractivity contribution in [3.8, 4) is 0 Å². The first-order valence-corrected chi connectivity index (χ1v) is 9.04. The van der Waals surface area contributed by atoms with Crippen molar-refractivity contribution in [2.24, 2.45) is 5.92 Å². The second kappa shape index (κ2) is 7.18. The largest absolute Gasteiger partial charge is 0.381 e. The van der Waals surface area contributed by atoms with E-state index in [2.05, 4.69) is 29.0 Å². The predicted molar refractivity (Wildman–Crippen MR) is 86.9 cm³/mol. The third-order valence-electron chi connectivity index (χ3n) is 5.34. The van der Waals surface area contributed by atoms with Crippen LogP contribution in [0.3, 0.4) is 0 Å². The fourth-order valence-electron chi connectivity index (χ4n) is 4.27. The van der Waals surface area contributed by atoms with E-state index in [0.717, 1.165) is 65.0 Å². The zero-order valence-electron chi connectivity index (χ0n) is 14.1. The van der Waals surface area contributed by atoms with Gasteiger partial charge in [-0.1, -0.05) is 13.8 Å².